The molecule has 0 unspecified atom stereocenters. The van der Waals surface area contributed by atoms with Crippen LogP contribution in [-0.4, -0.2) is 34.4 Å². The van der Waals surface area contributed by atoms with Gasteiger partial charge in [0.2, 0.25) is 0 Å². The highest BCUT2D eigenvalue weighted by Gasteiger charge is 2.32. The Balaban J connectivity index is 1.91. The fraction of sp³-hybridized carbons (Fsp3) is 0.615. The molecular weight excluding hydrogens is 474 g/mol. The van der Waals surface area contributed by atoms with Gasteiger partial charge in [0.25, 0.3) is 5.91 Å². The highest BCUT2D eigenvalue weighted by atomic mass is 35.5. The van der Waals surface area contributed by atoms with Crippen LogP contribution in [0.2, 0.25) is 5.02 Å². The van der Waals surface area contributed by atoms with Gasteiger partial charge in [0.05, 0.1) is 10.7 Å². The fourth-order valence-corrected chi connectivity index (χ4v) is 4.93. The Morgan fingerprint density at radius 2 is 2.00 bits per heavy atom. The molecule has 0 saturated heterocycles. The number of benzene rings is 1. The van der Waals surface area contributed by atoms with Crippen molar-refractivity contribution in [3.8, 4) is 17.0 Å². The summed E-state index contributed by atoms with van der Waals surface area (Å²) in [4.78, 5) is 13.0. The van der Waals surface area contributed by atoms with E-state index in [9.17, 15) is 13.6 Å². The largest absolute Gasteiger partial charge is 0.434 e. The highest BCUT2D eigenvalue weighted by molar-refractivity contribution is 6.36. The number of halogens is 3. The highest BCUT2D eigenvalue weighted by Crippen LogP contribution is 2.39. The fourth-order valence-electron chi connectivity index (χ4n) is 4.60. The number of amides is 1. The van der Waals surface area contributed by atoms with Crippen molar-refractivity contribution in [2.75, 3.05) is 6.54 Å². The maximum absolute atomic E-state index is 13.3. The Morgan fingerprint density at radius 3 is 2.57 bits per heavy atom. The zero-order valence-electron chi connectivity index (χ0n) is 21.3. The van der Waals surface area contributed by atoms with Gasteiger partial charge in [-0.3, -0.25) is 9.48 Å². The van der Waals surface area contributed by atoms with Crippen LogP contribution >= 0.6 is 11.6 Å². The Kier molecular flexibility index (Phi) is 8.48. The molecule has 1 aliphatic carbocycles. The molecule has 1 amide bonds. The average molecular weight is 511 g/mol. The summed E-state index contributed by atoms with van der Waals surface area (Å²) >= 11 is 6.65. The maximum Gasteiger partial charge on any atom is 0.387 e. The molecule has 0 bridgehead atoms. The average Bonchev–Trinajstić information content (AvgIpc) is 3.09. The van der Waals surface area contributed by atoms with Crippen molar-refractivity contribution in [1.82, 2.24) is 15.1 Å². The first kappa shape index (κ1) is 27.4. The predicted octanol–water partition coefficient (Wildman–Crippen LogP) is 6.05. The zero-order chi connectivity index (χ0) is 26.0. The third-order valence-electron chi connectivity index (χ3n) is 6.53. The Hall–Kier alpha value is -2.19. The van der Waals surface area contributed by atoms with Gasteiger partial charge in [0, 0.05) is 24.2 Å². The van der Waals surface area contributed by atoms with Gasteiger partial charge in [-0.05, 0) is 68.1 Å². The van der Waals surface area contributed by atoms with Crippen LogP contribution in [0.25, 0.3) is 11.3 Å². The van der Waals surface area contributed by atoms with E-state index >= 15 is 0 Å². The quantitative estimate of drug-likeness (QED) is 0.453. The summed E-state index contributed by atoms with van der Waals surface area (Å²) in [6.45, 7) is 7.97. The normalized spacial score (nSPS) is 20.8. The monoisotopic (exact) mass is 510 g/mol. The van der Waals surface area contributed by atoms with Crippen LogP contribution in [0.5, 0.6) is 5.75 Å². The van der Waals surface area contributed by atoms with Crippen molar-refractivity contribution in [3.05, 3.63) is 34.5 Å². The minimum atomic E-state index is -3.00. The lowest BCUT2D eigenvalue weighted by atomic mass is 9.78. The molecule has 1 aliphatic rings. The minimum absolute atomic E-state index is 0.00226. The van der Waals surface area contributed by atoms with E-state index in [0.29, 0.717) is 36.7 Å². The first-order chi connectivity index (χ1) is 16.3. The smallest absolute Gasteiger partial charge is 0.387 e. The molecule has 0 spiro atoms. The van der Waals surface area contributed by atoms with Crippen molar-refractivity contribution >= 4 is 17.5 Å². The molecule has 1 heterocycles. The summed E-state index contributed by atoms with van der Waals surface area (Å²) in [7, 11) is 0. The second kappa shape index (κ2) is 10.8. The van der Waals surface area contributed by atoms with Gasteiger partial charge in [0.1, 0.15) is 5.75 Å². The lowest BCUT2D eigenvalue weighted by molar-refractivity contribution is -0.0495. The van der Waals surface area contributed by atoms with Gasteiger partial charge in [-0.2, -0.15) is 13.9 Å². The van der Waals surface area contributed by atoms with Crippen LogP contribution in [0.15, 0.2) is 18.2 Å². The van der Waals surface area contributed by atoms with Gasteiger partial charge in [-0.15, -0.1) is 0 Å². The predicted molar refractivity (Wildman–Crippen MR) is 135 cm³/mol. The first-order valence-corrected chi connectivity index (χ1v) is 12.6. The second-order valence-corrected chi connectivity index (χ2v) is 11.4. The molecule has 3 rings (SSSR count). The van der Waals surface area contributed by atoms with E-state index in [1.807, 2.05) is 13.0 Å². The van der Waals surface area contributed by atoms with Gasteiger partial charge in [0.15, 0.2) is 5.69 Å². The number of carbonyl (C=O) groups excluding carboxylic acids is 1. The maximum atomic E-state index is 13.3. The summed E-state index contributed by atoms with van der Waals surface area (Å²) in [5, 5.41) is 7.37. The molecule has 0 atom stereocenters. The van der Waals surface area contributed by atoms with Crippen molar-refractivity contribution in [1.29, 1.82) is 0 Å². The topological polar surface area (TPSA) is 82.2 Å². The number of nitrogens with one attached hydrogen (secondary N) is 1. The van der Waals surface area contributed by atoms with E-state index < -0.39 is 18.1 Å². The molecule has 0 aliphatic heterocycles. The van der Waals surface area contributed by atoms with Crippen molar-refractivity contribution < 1.29 is 18.3 Å². The molecule has 1 aromatic heterocycles. The number of nitrogens with zero attached hydrogens (tertiary/aromatic N) is 2. The van der Waals surface area contributed by atoms with Gasteiger partial charge < -0.3 is 15.8 Å². The lowest BCUT2D eigenvalue weighted by Crippen LogP contribution is -2.52. The molecule has 2 aromatic rings. The number of alkyl halides is 2. The van der Waals surface area contributed by atoms with Crippen LogP contribution in [0.3, 0.4) is 0 Å². The van der Waals surface area contributed by atoms with Gasteiger partial charge in [-0.25, -0.2) is 0 Å². The Labute approximate surface area is 211 Å². The number of hydrogen-bond donors (Lipinski definition) is 2. The molecule has 3 N–H and O–H groups in total. The SMILES string of the molecule is CCn1nc(C(=O)NCC2(N)CCC(C)CC2)c(Cl)c1-c1ccc(CC(C)(C)C)cc1OC(F)F. The lowest BCUT2D eigenvalue weighted by Gasteiger charge is -2.36. The van der Waals surface area contributed by atoms with Crippen LogP contribution in [0, 0.1) is 11.3 Å². The van der Waals surface area contributed by atoms with E-state index in [4.69, 9.17) is 22.1 Å². The third kappa shape index (κ3) is 6.94. The van der Waals surface area contributed by atoms with Gasteiger partial charge in [-0.1, -0.05) is 45.4 Å². The van der Waals surface area contributed by atoms with Crippen molar-refractivity contribution in [3.63, 3.8) is 0 Å². The number of rotatable bonds is 8. The first-order valence-electron chi connectivity index (χ1n) is 12.2. The molecule has 35 heavy (non-hydrogen) atoms. The summed E-state index contributed by atoms with van der Waals surface area (Å²) in [6.07, 6.45) is 4.42. The molecule has 1 aromatic carbocycles. The molecule has 194 valence electrons. The number of carbonyl (C=O) groups is 1. The number of nitrogens with two attached hydrogens (primary N) is 1. The Morgan fingerprint density at radius 1 is 1.34 bits per heavy atom. The molecular formula is C26H37ClF2N4O2. The standard InChI is InChI=1S/C26H37ClF2N4O2/c1-6-33-22(18-8-7-17(14-25(3,4)5)13-19(18)35-24(28)29)20(27)21(32-33)23(34)31-15-26(30)11-9-16(2)10-12-26/h7-8,13,16,24H,6,9-12,14-15,30H2,1-5H3,(H,31,34). The van der Waals surface area contributed by atoms with Crippen molar-refractivity contribution in [2.24, 2.45) is 17.1 Å². The van der Waals surface area contributed by atoms with E-state index in [-0.39, 0.29) is 21.9 Å². The van der Waals surface area contributed by atoms with Crippen LogP contribution in [0.4, 0.5) is 8.78 Å². The summed E-state index contributed by atoms with van der Waals surface area (Å²) in [6, 6.07) is 5.18. The van der Waals surface area contributed by atoms with E-state index in [1.54, 1.807) is 12.1 Å². The molecule has 1 fully saturated rings. The van der Waals surface area contributed by atoms with E-state index in [2.05, 4.69) is 38.1 Å². The number of aromatic nitrogens is 2. The second-order valence-electron chi connectivity index (χ2n) is 11.0. The number of aryl methyl sites for hydroxylation is 1. The summed E-state index contributed by atoms with van der Waals surface area (Å²) in [5.41, 5.74) is 7.65. The van der Waals surface area contributed by atoms with Crippen molar-refractivity contribution in [2.45, 2.75) is 85.4 Å². The summed E-state index contributed by atoms with van der Waals surface area (Å²) in [5.74, 6) is 0.203. The number of ether oxygens (including phenoxy) is 1. The molecule has 6 nitrogen and oxygen atoms in total. The van der Waals surface area contributed by atoms with Crippen LogP contribution < -0.4 is 15.8 Å². The van der Waals surface area contributed by atoms with Crippen LogP contribution in [-0.2, 0) is 13.0 Å². The van der Waals surface area contributed by atoms with E-state index in [0.717, 1.165) is 31.2 Å². The minimum Gasteiger partial charge on any atom is -0.434 e. The number of hydrogen-bond acceptors (Lipinski definition) is 4. The molecule has 0 radical (unpaired) electrons. The van der Waals surface area contributed by atoms with Gasteiger partial charge >= 0.3 is 6.61 Å². The molecule has 9 heteroatoms. The van der Waals surface area contributed by atoms with E-state index in [1.165, 1.54) is 4.68 Å². The van der Waals surface area contributed by atoms with Crippen LogP contribution in [0.1, 0.15) is 76.4 Å². The molecule has 1 saturated carbocycles. The zero-order valence-corrected chi connectivity index (χ0v) is 22.0. The Bertz CT molecular complexity index is 1040. The summed E-state index contributed by atoms with van der Waals surface area (Å²) < 4.78 is 33.0. The third-order valence-corrected chi connectivity index (χ3v) is 6.89.